The lowest BCUT2D eigenvalue weighted by Gasteiger charge is -2.12. The standard InChI is InChI=1S/C20H25NO5S/c1-5-14(3)17-10-8-7-9-11-18(17)26-20(24)27-13-16(12-21-15(4)22)19(23)25-6-2/h7-9,11,13H,3,5-6,10,12H2,1-2,4H3,(H,21,22). The van der Waals surface area contributed by atoms with Crippen LogP contribution in [-0.2, 0) is 19.1 Å². The van der Waals surface area contributed by atoms with Crippen molar-refractivity contribution in [2.24, 2.45) is 0 Å². The van der Waals surface area contributed by atoms with Gasteiger partial charge < -0.3 is 14.8 Å². The monoisotopic (exact) mass is 391 g/mol. The maximum absolute atomic E-state index is 12.2. The molecular weight excluding hydrogens is 366 g/mol. The highest BCUT2D eigenvalue weighted by molar-refractivity contribution is 8.15. The van der Waals surface area contributed by atoms with E-state index in [2.05, 4.69) is 11.9 Å². The molecule has 0 spiro atoms. The molecule has 0 radical (unpaired) electrons. The van der Waals surface area contributed by atoms with E-state index < -0.39 is 11.3 Å². The van der Waals surface area contributed by atoms with Crippen molar-refractivity contribution in [1.82, 2.24) is 5.32 Å². The molecule has 0 aromatic rings. The molecule has 0 aromatic carbocycles. The molecule has 0 bridgehead atoms. The van der Waals surface area contributed by atoms with Gasteiger partial charge in [-0.3, -0.25) is 4.79 Å². The Morgan fingerprint density at radius 3 is 2.67 bits per heavy atom. The maximum Gasteiger partial charge on any atom is 0.377 e. The van der Waals surface area contributed by atoms with E-state index in [1.807, 2.05) is 19.1 Å². The molecule has 27 heavy (non-hydrogen) atoms. The van der Waals surface area contributed by atoms with Gasteiger partial charge in [-0.05, 0) is 48.6 Å². The van der Waals surface area contributed by atoms with Gasteiger partial charge in [-0.15, -0.1) is 0 Å². The fraction of sp³-hybridized carbons (Fsp3) is 0.350. The molecule has 7 heteroatoms. The summed E-state index contributed by atoms with van der Waals surface area (Å²) in [7, 11) is 0. The Balaban J connectivity index is 2.88. The predicted octanol–water partition coefficient (Wildman–Crippen LogP) is 4.18. The highest BCUT2D eigenvalue weighted by Crippen LogP contribution is 2.26. The highest BCUT2D eigenvalue weighted by Gasteiger charge is 2.16. The first-order valence-corrected chi connectivity index (χ1v) is 9.50. The van der Waals surface area contributed by atoms with Crippen LogP contribution in [0.4, 0.5) is 4.79 Å². The molecule has 0 fully saturated rings. The average Bonchev–Trinajstić information content (AvgIpc) is 2.86. The zero-order chi connectivity index (χ0) is 20.2. The van der Waals surface area contributed by atoms with Gasteiger partial charge in [0.25, 0.3) is 0 Å². The molecule has 1 amide bonds. The Morgan fingerprint density at radius 1 is 1.30 bits per heavy atom. The van der Waals surface area contributed by atoms with E-state index in [0.717, 1.165) is 29.3 Å². The van der Waals surface area contributed by atoms with Gasteiger partial charge in [-0.25, -0.2) is 9.59 Å². The second-order valence-corrected chi connectivity index (χ2v) is 6.34. The normalized spacial score (nSPS) is 13.8. The highest BCUT2D eigenvalue weighted by atomic mass is 32.2. The SMILES string of the molecule is C=C(CC)C1=C(OC(=O)SC=C(CNC(C)=O)C(=O)OCC)C=CC=CC1. The number of carbonyl (C=O) groups is 3. The fourth-order valence-corrected chi connectivity index (χ4v) is 2.63. The van der Waals surface area contributed by atoms with Crippen LogP contribution < -0.4 is 5.32 Å². The van der Waals surface area contributed by atoms with Crippen LogP contribution in [0.5, 0.6) is 0 Å². The molecule has 1 N–H and O–H groups in total. The third kappa shape index (κ3) is 8.13. The molecular formula is C20H25NO5S. The zero-order valence-corrected chi connectivity index (χ0v) is 16.7. The number of rotatable bonds is 8. The topological polar surface area (TPSA) is 81.7 Å². The van der Waals surface area contributed by atoms with Crippen molar-refractivity contribution in [3.63, 3.8) is 0 Å². The first-order valence-electron chi connectivity index (χ1n) is 8.62. The molecule has 0 saturated carbocycles. The van der Waals surface area contributed by atoms with E-state index in [0.29, 0.717) is 12.2 Å². The van der Waals surface area contributed by atoms with Gasteiger partial charge in [0.1, 0.15) is 5.76 Å². The average molecular weight is 391 g/mol. The number of thioether (sulfide) groups is 1. The first kappa shape index (κ1) is 22.5. The summed E-state index contributed by atoms with van der Waals surface area (Å²) in [6, 6.07) is 0. The minimum atomic E-state index is -0.595. The van der Waals surface area contributed by atoms with Gasteiger partial charge in [0.15, 0.2) is 0 Å². The van der Waals surface area contributed by atoms with Crippen LogP contribution >= 0.6 is 11.8 Å². The van der Waals surface area contributed by atoms with Crippen molar-refractivity contribution in [1.29, 1.82) is 0 Å². The summed E-state index contributed by atoms with van der Waals surface area (Å²) in [5, 5.41) is 3.26. The number of ether oxygens (including phenoxy) is 2. The third-order valence-corrected chi connectivity index (χ3v) is 4.20. The molecule has 0 heterocycles. The Kier molecular flexibility index (Phi) is 9.96. The predicted molar refractivity (Wildman–Crippen MR) is 107 cm³/mol. The smallest absolute Gasteiger partial charge is 0.377 e. The van der Waals surface area contributed by atoms with Gasteiger partial charge in [-0.2, -0.15) is 0 Å². The van der Waals surface area contributed by atoms with Crippen LogP contribution in [0.2, 0.25) is 0 Å². The third-order valence-electron chi connectivity index (χ3n) is 3.52. The molecule has 146 valence electrons. The second-order valence-electron chi connectivity index (χ2n) is 5.53. The van der Waals surface area contributed by atoms with E-state index in [4.69, 9.17) is 9.47 Å². The van der Waals surface area contributed by atoms with Crippen LogP contribution in [0.15, 0.2) is 58.8 Å². The Hall–Kier alpha value is -2.54. The summed E-state index contributed by atoms with van der Waals surface area (Å²) in [6.07, 6.45) is 8.72. The van der Waals surface area contributed by atoms with Crippen LogP contribution in [0.25, 0.3) is 0 Å². The van der Waals surface area contributed by atoms with E-state index in [1.54, 1.807) is 19.1 Å². The summed E-state index contributed by atoms with van der Waals surface area (Å²) in [4.78, 5) is 35.3. The molecule has 1 aliphatic rings. The Bertz CT molecular complexity index is 716. The molecule has 1 aliphatic carbocycles. The number of hydrogen-bond donors (Lipinski definition) is 1. The van der Waals surface area contributed by atoms with Crippen molar-refractivity contribution in [3.8, 4) is 0 Å². The summed E-state index contributed by atoms with van der Waals surface area (Å²) in [6.45, 7) is 9.18. The number of carbonyl (C=O) groups excluding carboxylic acids is 3. The van der Waals surface area contributed by atoms with Gasteiger partial charge in [0, 0.05) is 12.5 Å². The lowest BCUT2D eigenvalue weighted by atomic mass is 10.0. The molecule has 6 nitrogen and oxygen atoms in total. The van der Waals surface area contributed by atoms with Crippen molar-refractivity contribution in [2.75, 3.05) is 13.2 Å². The van der Waals surface area contributed by atoms with Crippen molar-refractivity contribution >= 4 is 28.9 Å². The second kappa shape index (κ2) is 12.0. The first-order chi connectivity index (χ1) is 12.9. The van der Waals surface area contributed by atoms with Crippen molar-refractivity contribution in [2.45, 2.75) is 33.6 Å². The molecule has 0 aliphatic heterocycles. The van der Waals surface area contributed by atoms with Crippen LogP contribution in [0, 0.1) is 0 Å². The molecule has 0 atom stereocenters. The van der Waals surface area contributed by atoms with Crippen molar-refractivity contribution in [3.05, 3.63) is 58.8 Å². The van der Waals surface area contributed by atoms with Gasteiger partial charge >= 0.3 is 11.3 Å². The summed E-state index contributed by atoms with van der Waals surface area (Å²) >= 11 is 0.719. The lowest BCUT2D eigenvalue weighted by molar-refractivity contribution is -0.138. The lowest BCUT2D eigenvalue weighted by Crippen LogP contribution is -2.26. The Labute approximate surface area is 164 Å². The van der Waals surface area contributed by atoms with E-state index >= 15 is 0 Å². The fourth-order valence-electron chi connectivity index (χ4n) is 2.07. The van der Waals surface area contributed by atoms with E-state index in [9.17, 15) is 14.4 Å². The van der Waals surface area contributed by atoms with E-state index in [1.165, 1.54) is 12.3 Å². The van der Waals surface area contributed by atoms with Crippen molar-refractivity contribution < 1.29 is 23.9 Å². The van der Waals surface area contributed by atoms with Crippen LogP contribution in [0.1, 0.15) is 33.6 Å². The van der Waals surface area contributed by atoms with Gasteiger partial charge in [0.05, 0.1) is 18.7 Å². The summed E-state index contributed by atoms with van der Waals surface area (Å²) in [5.41, 5.74) is 1.93. The zero-order valence-electron chi connectivity index (χ0n) is 15.9. The number of hydrogen-bond acceptors (Lipinski definition) is 6. The number of allylic oxidation sites excluding steroid dienone is 6. The summed E-state index contributed by atoms with van der Waals surface area (Å²) < 4.78 is 10.4. The molecule has 0 aromatic heterocycles. The maximum atomic E-state index is 12.2. The molecule has 0 saturated heterocycles. The molecule has 0 unspecified atom stereocenters. The largest absolute Gasteiger partial charge is 0.463 e. The van der Waals surface area contributed by atoms with Gasteiger partial charge in [-0.1, -0.05) is 31.7 Å². The number of esters is 1. The minimum Gasteiger partial charge on any atom is -0.463 e. The van der Waals surface area contributed by atoms with Gasteiger partial charge in [0.2, 0.25) is 5.91 Å². The number of amides is 1. The summed E-state index contributed by atoms with van der Waals surface area (Å²) in [5.74, 6) is -0.441. The number of nitrogens with one attached hydrogen (secondary N) is 1. The van der Waals surface area contributed by atoms with Crippen LogP contribution in [0.3, 0.4) is 0 Å². The van der Waals surface area contributed by atoms with E-state index in [-0.39, 0.29) is 24.6 Å². The van der Waals surface area contributed by atoms with Crippen LogP contribution in [-0.4, -0.2) is 30.3 Å². The molecule has 1 rings (SSSR count). The quantitative estimate of drug-likeness (QED) is 0.494. The minimum absolute atomic E-state index is 0.0289. The Morgan fingerprint density at radius 2 is 2.04 bits per heavy atom.